The molecule has 0 aliphatic carbocycles. The molecule has 3 nitrogen and oxygen atoms in total. The first-order valence-electron chi connectivity index (χ1n) is 10.5. The van der Waals surface area contributed by atoms with Crippen LogP contribution in [0.3, 0.4) is 0 Å². The minimum Gasteiger partial charge on any atom is -0.481 e. The first-order chi connectivity index (χ1) is 12.2. The summed E-state index contributed by atoms with van der Waals surface area (Å²) in [5.74, 6) is -0.446. The first kappa shape index (κ1) is 23.9. The molecular formula is C22H40O3. The van der Waals surface area contributed by atoms with Gasteiger partial charge in [0.2, 0.25) is 0 Å². The summed E-state index contributed by atoms with van der Waals surface area (Å²) in [5, 5.41) is 8.55. The maximum absolute atomic E-state index is 11.1. The van der Waals surface area contributed by atoms with Crippen molar-refractivity contribution in [3.63, 3.8) is 0 Å². The van der Waals surface area contributed by atoms with Crippen molar-refractivity contribution in [1.29, 1.82) is 0 Å². The number of aliphatic carboxylic acids is 1. The quantitative estimate of drug-likeness (QED) is 0.160. The normalized spacial score (nSPS) is 12.5. The summed E-state index contributed by atoms with van der Waals surface area (Å²) in [5.41, 5.74) is 0. The molecular weight excluding hydrogens is 312 g/mol. The van der Waals surface area contributed by atoms with Crippen LogP contribution in [0.2, 0.25) is 0 Å². The maximum Gasteiger partial charge on any atom is 0.303 e. The van der Waals surface area contributed by atoms with Crippen molar-refractivity contribution in [3.05, 3.63) is 12.2 Å². The average Bonchev–Trinajstić information content (AvgIpc) is 2.60. The Kier molecular flexibility index (Phi) is 18.3. The highest BCUT2D eigenvalue weighted by atomic mass is 16.4. The van der Waals surface area contributed by atoms with E-state index in [0.29, 0.717) is 6.42 Å². The highest BCUT2D eigenvalue weighted by Crippen LogP contribution is 2.16. The van der Waals surface area contributed by atoms with Crippen LogP contribution in [0.5, 0.6) is 0 Å². The van der Waals surface area contributed by atoms with Crippen LogP contribution >= 0.6 is 0 Å². The zero-order chi connectivity index (χ0) is 18.6. The molecule has 146 valence electrons. The molecule has 0 aliphatic heterocycles. The summed E-state index contributed by atoms with van der Waals surface area (Å²) >= 11 is 0. The van der Waals surface area contributed by atoms with E-state index in [1.165, 1.54) is 51.4 Å². The van der Waals surface area contributed by atoms with Gasteiger partial charge in [-0.25, -0.2) is 0 Å². The molecule has 0 rings (SSSR count). The predicted molar refractivity (Wildman–Crippen MR) is 106 cm³/mol. The summed E-state index contributed by atoms with van der Waals surface area (Å²) < 4.78 is 0. The van der Waals surface area contributed by atoms with Gasteiger partial charge in [0, 0.05) is 12.3 Å². The molecule has 3 heteroatoms. The summed E-state index contributed by atoms with van der Waals surface area (Å²) in [7, 11) is 0. The fourth-order valence-electron chi connectivity index (χ4n) is 3.08. The molecule has 1 atom stereocenters. The van der Waals surface area contributed by atoms with E-state index in [4.69, 9.17) is 5.11 Å². The van der Waals surface area contributed by atoms with Crippen LogP contribution in [-0.4, -0.2) is 17.4 Å². The van der Waals surface area contributed by atoms with E-state index in [1.807, 2.05) is 0 Å². The van der Waals surface area contributed by atoms with Gasteiger partial charge in [-0.1, -0.05) is 76.9 Å². The van der Waals surface area contributed by atoms with Gasteiger partial charge in [-0.3, -0.25) is 4.79 Å². The molecule has 0 amide bonds. The maximum atomic E-state index is 11.1. The van der Waals surface area contributed by atoms with E-state index in [-0.39, 0.29) is 5.92 Å². The van der Waals surface area contributed by atoms with E-state index in [2.05, 4.69) is 19.1 Å². The van der Waals surface area contributed by atoms with E-state index < -0.39 is 5.97 Å². The van der Waals surface area contributed by atoms with Gasteiger partial charge >= 0.3 is 5.97 Å². The van der Waals surface area contributed by atoms with Crippen molar-refractivity contribution >= 4 is 12.3 Å². The average molecular weight is 353 g/mol. The molecule has 0 spiro atoms. The molecule has 0 aromatic carbocycles. The van der Waals surface area contributed by atoms with Crippen molar-refractivity contribution in [3.8, 4) is 0 Å². The van der Waals surface area contributed by atoms with E-state index in [9.17, 15) is 9.59 Å². The first-order valence-corrected chi connectivity index (χ1v) is 10.5. The Labute approximate surface area is 155 Å². The molecule has 0 aromatic heterocycles. The van der Waals surface area contributed by atoms with Crippen LogP contribution in [0, 0.1) is 5.92 Å². The number of aldehydes is 1. The zero-order valence-electron chi connectivity index (χ0n) is 16.4. The van der Waals surface area contributed by atoms with Gasteiger partial charge in [-0.15, -0.1) is 0 Å². The second-order valence-corrected chi connectivity index (χ2v) is 7.20. The van der Waals surface area contributed by atoms with Gasteiger partial charge in [-0.05, 0) is 38.5 Å². The van der Waals surface area contributed by atoms with Crippen molar-refractivity contribution in [2.24, 2.45) is 5.92 Å². The number of allylic oxidation sites excluding steroid dienone is 2. The minimum atomic E-state index is -0.687. The van der Waals surface area contributed by atoms with Crippen LogP contribution in [-0.2, 0) is 9.59 Å². The third-order valence-corrected chi connectivity index (χ3v) is 4.75. The van der Waals surface area contributed by atoms with Gasteiger partial charge in [0.15, 0.2) is 0 Å². The monoisotopic (exact) mass is 352 g/mol. The molecule has 0 aromatic rings. The Morgan fingerprint density at radius 2 is 1.40 bits per heavy atom. The molecule has 0 fully saturated rings. The van der Waals surface area contributed by atoms with Gasteiger partial charge in [-0.2, -0.15) is 0 Å². The zero-order valence-corrected chi connectivity index (χ0v) is 16.4. The number of hydrogen-bond acceptors (Lipinski definition) is 2. The summed E-state index contributed by atoms with van der Waals surface area (Å²) in [6, 6.07) is 0. The van der Waals surface area contributed by atoms with Gasteiger partial charge in [0.25, 0.3) is 0 Å². The summed E-state index contributed by atoms with van der Waals surface area (Å²) in [4.78, 5) is 21.5. The van der Waals surface area contributed by atoms with Crippen molar-refractivity contribution in [2.45, 2.75) is 110 Å². The lowest BCUT2D eigenvalue weighted by Gasteiger charge is -2.08. The highest BCUT2D eigenvalue weighted by Gasteiger charge is 2.05. The highest BCUT2D eigenvalue weighted by molar-refractivity contribution is 5.66. The molecule has 0 saturated heterocycles. The van der Waals surface area contributed by atoms with Crippen LogP contribution in [0.15, 0.2) is 12.2 Å². The number of carboxylic acid groups (broad SMARTS) is 1. The lowest BCUT2D eigenvalue weighted by molar-refractivity contribution is -0.137. The predicted octanol–water partition coefficient (Wildman–Crippen LogP) is 6.70. The number of rotatable bonds is 19. The van der Waals surface area contributed by atoms with Crippen LogP contribution in [0.4, 0.5) is 0 Å². The number of unbranched alkanes of at least 4 members (excludes halogenated alkanes) is 10. The van der Waals surface area contributed by atoms with Crippen molar-refractivity contribution in [1.82, 2.24) is 0 Å². The van der Waals surface area contributed by atoms with Gasteiger partial charge < -0.3 is 9.90 Å². The molecule has 25 heavy (non-hydrogen) atoms. The molecule has 0 heterocycles. The fourth-order valence-corrected chi connectivity index (χ4v) is 3.08. The Bertz CT molecular complexity index is 336. The van der Waals surface area contributed by atoms with Crippen molar-refractivity contribution in [2.75, 3.05) is 0 Å². The largest absolute Gasteiger partial charge is 0.481 e. The standard InChI is InChI=1S/C22H40O3/c1-2-3-4-5-11-14-17-21(20-23)18-15-12-9-7-6-8-10-13-16-19-22(24)25/h9,12,20-21H,2-8,10-11,13-19H2,1H3,(H,24,25). The second kappa shape index (κ2) is 19.2. The molecule has 1 N–H and O–H groups in total. The number of hydrogen-bond donors (Lipinski definition) is 1. The lowest BCUT2D eigenvalue weighted by Crippen LogP contribution is -2.01. The van der Waals surface area contributed by atoms with Gasteiger partial charge in [0.05, 0.1) is 0 Å². The van der Waals surface area contributed by atoms with E-state index in [1.54, 1.807) is 0 Å². The SMILES string of the molecule is CCCCCCCCC(C=O)CCC=CCCCCCCCC(=O)O. The Balaban J connectivity index is 3.42. The van der Waals surface area contributed by atoms with Crippen LogP contribution in [0.1, 0.15) is 110 Å². The molecule has 0 saturated carbocycles. The number of carboxylic acids is 1. The smallest absolute Gasteiger partial charge is 0.303 e. The number of carbonyl (C=O) groups excluding carboxylic acids is 1. The summed E-state index contributed by atoms with van der Waals surface area (Å²) in [6.45, 7) is 2.23. The molecule has 0 aliphatic rings. The summed E-state index contributed by atoms with van der Waals surface area (Å²) in [6.07, 6.45) is 23.1. The molecule has 0 radical (unpaired) electrons. The minimum absolute atomic E-state index is 0.241. The Hall–Kier alpha value is -1.12. The van der Waals surface area contributed by atoms with E-state index in [0.717, 1.165) is 51.2 Å². The lowest BCUT2D eigenvalue weighted by atomic mass is 9.97. The third kappa shape index (κ3) is 19.1. The molecule has 1 unspecified atom stereocenters. The Morgan fingerprint density at radius 1 is 0.800 bits per heavy atom. The van der Waals surface area contributed by atoms with E-state index >= 15 is 0 Å². The fraction of sp³-hybridized carbons (Fsp3) is 0.818. The Morgan fingerprint density at radius 3 is 2.08 bits per heavy atom. The number of carbonyl (C=O) groups is 2. The molecule has 0 bridgehead atoms. The van der Waals surface area contributed by atoms with Gasteiger partial charge in [0.1, 0.15) is 6.29 Å². The van der Waals surface area contributed by atoms with Crippen LogP contribution in [0.25, 0.3) is 0 Å². The second-order valence-electron chi connectivity index (χ2n) is 7.20. The third-order valence-electron chi connectivity index (χ3n) is 4.75. The van der Waals surface area contributed by atoms with Crippen LogP contribution < -0.4 is 0 Å². The van der Waals surface area contributed by atoms with Crippen molar-refractivity contribution < 1.29 is 14.7 Å². The topological polar surface area (TPSA) is 54.4 Å².